The Morgan fingerprint density at radius 1 is 1.20 bits per heavy atom. The maximum atomic E-state index is 12.6. The molecule has 1 aliphatic rings. The van der Waals surface area contributed by atoms with Gasteiger partial charge in [-0.2, -0.15) is 0 Å². The number of nitrogens with zero attached hydrogens (tertiary/aromatic N) is 2. The summed E-state index contributed by atoms with van der Waals surface area (Å²) in [6, 6.07) is 2.04. The Labute approximate surface area is 120 Å². The van der Waals surface area contributed by atoms with Gasteiger partial charge in [-0.1, -0.05) is 25.7 Å². The summed E-state index contributed by atoms with van der Waals surface area (Å²) in [5.74, 6) is 0.0173. The lowest BCUT2D eigenvalue weighted by molar-refractivity contribution is 0.0708. The lowest BCUT2D eigenvalue weighted by Gasteiger charge is -2.27. The first-order valence-corrected chi connectivity index (χ1v) is 7.45. The van der Waals surface area contributed by atoms with Crippen LogP contribution >= 0.6 is 0 Å². The van der Waals surface area contributed by atoms with E-state index in [0.29, 0.717) is 17.3 Å². The molecule has 1 saturated carbocycles. The summed E-state index contributed by atoms with van der Waals surface area (Å²) in [7, 11) is 3.71. The maximum absolute atomic E-state index is 12.6. The second kappa shape index (κ2) is 6.25. The number of carbonyl (C=O) groups excluding carboxylic acids is 2. The number of hydrogen-bond donors (Lipinski definition) is 0. The predicted octanol–water partition coefficient (Wildman–Crippen LogP) is 3.02. The van der Waals surface area contributed by atoms with E-state index >= 15 is 0 Å². The molecule has 0 bridgehead atoms. The molecule has 1 fully saturated rings. The fraction of sp³-hybridized carbons (Fsp3) is 0.625. The second-order valence-electron chi connectivity index (χ2n) is 5.84. The molecule has 0 N–H and O–H groups in total. The van der Waals surface area contributed by atoms with Gasteiger partial charge in [-0.15, -0.1) is 0 Å². The molecule has 0 unspecified atom stereocenters. The Morgan fingerprint density at radius 2 is 1.80 bits per heavy atom. The minimum absolute atomic E-state index is 0.00299. The lowest BCUT2D eigenvalue weighted by atomic mass is 10.1. The van der Waals surface area contributed by atoms with E-state index in [2.05, 4.69) is 0 Å². The van der Waals surface area contributed by atoms with Crippen LogP contribution in [0.2, 0.25) is 0 Å². The summed E-state index contributed by atoms with van der Waals surface area (Å²) in [4.78, 5) is 25.9. The second-order valence-corrected chi connectivity index (χ2v) is 5.84. The van der Waals surface area contributed by atoms with Crippen LogP contribution in [0.1, 0.15) is 66.3 Å². The zero-order valence-electron chi connectivity index (χ0n) is 12.7. The number of amides is 1. The highest BCUT2D eigenvalue weighted by atomic mass is 16.2. The highest BCUT2D eigenvalue weighted by molar-refractivity contribution is 5.99. The van der Waals surface area contributed by atoms with Gasteiger partial charge in [0.25, 0.3) is 5.91 Å². The maximum Gasteiger partial charge on any atom is 0.270 e. The zero-order chi connectivity index (χ0) is 14.7. The molecule has 0 saturated heterocycles. The molecule has 1 aromatic rings. The summed E-state index contributed by atoms with van der Waals surface area (Å²) < 4.78 is 1.76. The number of aromatic nitrogens is 1. The van der Waals surface area contributed by atoms with Crippen LogP contribution in [0.5, 0.6) is 0 Å². The van der Waals surface area contributed by atoms with Crippen LogP contribution < -0.4 is 0 Å². The Bertz CT molecular complexity index is 497. The zero-order valence-corrected chi connectivity index (χ0v) is 12.7. The fourth-order valence-electron chi connectivity index (χ4n) is 2.96. The third-order valence-electron chi connectivity index (χ3n) is 4.32. The predicted molar refractivity (Wildman–Crippen MR) is 79.0 cm³/mol. The van der Waals surface area contributed by atoms with Crippen LogP contribution in [-0.2, 0) is 7.05 Å². The lowest BCUT2D eigenvalue weighted by Crippen LogP contribution is -2.37. The standard InChI is InChI=1S/C16H24N2O2/c1-12(19)13-10-15(17(2)11-13)16(20)18(3)14-8-6-4-5-7-9-14/h10-11,14H,4-9H2,1-3H3. The van der Waals surface area contributed by atoms with E-state index in [0.717, 1.165) is 12.8 Å². The van der Waals surface area contributed by atoms with E-state index < -0.39 is 0 Å². The van der Waals surface area contributed by atoms with E-state index in [4.69, 9.17) is 0 Å². The molecule has 0 spiro atoms. The van der Waals surface area contributed by atoms with Gasteiger partial charge in [0.2, 0.25) is 0 Å². The van der Waals surface area contributed by atoms with Crippen molar-refractivity contribution in [2.24, 2.45) is 7.05 Å². The highest BCUT2D eigenvalue weighted by Gasteiger charge is 2.24. The van der Waals surface area contributed by atoms with Gasteiger partial charge in [-0.25, -0.2) is 0 Å². The van der Waals surface area contributed by atoms with Crippen LogP contribution in [0, 0.1) is 0 Å². The van der Waals surface area contributed by atoms with Crippen molar-refractivity contribution in [1.29, 1.82) is 0 Å². The molecule has 2 rings (SSSR count). The Morgan fingerprint density at radius 3 is 2.30 bits per heavy atom. The van der Waals surface area contributed by atoms with Gasteiger partial charge in [-0.05, 0) is 25.8 Å². The molecule has 0 radical (unpaired) electrons. The fourth-order valence-corrected chi connectivity index (χ4v) is 2.96. The number of hydrogen-bond acceptors (Lipinski definition) is 2. The van der Waals surface area contributed by atoms with Crippen LogP contribution in [-0.4, -0.2) is 34.2 Å². The molecule has 110 valence electrons. The van der Waals surface area contributed by atoms with Crippen molar-refractivity contribution in [3.63, 3.8) is 0 Å². The minimum atomic E-state index is -0.00299. The summed E-state index contributed by atoms with van der Waals surface area (Å²) in [5.41, 5.74) is 1.20. The van der Waals surface area contributed by atoms with E-state index in [1.807, 2.05) is 19.0 Å². The monoisotopic (exact) mass is 276 g/mol. The van der Waals surface area contributed by atoms with Crippen LogP contribution in [0.15, 0.2) is 12.3 Å². The van der Waals surface area contributed by atoms with Gasteiger partial charge in [0.15, 0.2) is 5.78 Å². The van der Waals surface area contributed by atoms with Crippen LogP contribution in [0.4, 0.5) is 0 Å². The molecular weight excluding hydrogens is 252 g/mol. The van der Waals surface area contributed by atoms with E-state index in [-0.39, 0.29) is 11.7 Å². The summed E-state index contributed by atoms with van der Waals surface area (Å²) in [6.45, 7) is 1.53. The average molecular weight is 276 g/mol. The van der Waals surface area contributed by atoms with Gasteiger partial charge in [0.05, 0.1) is 0 Å². The van der Waals surface area contributed by atoms with Gasteiger partial charge >= 0.3 is 0 Å². The average Bonchev–Trinajstić information content (AvgIpc) is 2.65. The molecule has 0 aromatic carbocycles. The largest absolute Gasteiger partial charge is 0.346 e. The van der Waals surface area contributed by atoms with E-state index in [1.165, 1.54) is 32.6 Å². The number of ketones is 1. The van der Waals surface area contributed by atoms with Crippen molar-refractivity contribution in [2.45, 2.75) is 51.5 Å². The highest BCUT2D eigenvalue weighted by Crippen LogP contribution is 2.22. The van der Waals surface area contributed by atoms with Crippen molar-refractivity contribution >= 4 is 11.7 Å². The van der Waals surface area contributed by atoms with Crippen LogP contribution in [0.3, 0.4) is 0 Å². The number of aryl methyl sites for hydroxylation is 1. The topological polar surface area (TPSA) is 42.3 Å². The molecule has 1 heterocycles. The Kier molecular flexibility index (Phi) is 4.63. The quantitative estimate of drug-likeness (QED) is 0.629. The first kappa shape index (κ1) is 14.8. The van der Waals surface area contributed by atoms with Gasteiger partial charge < -0.3 is 9.47 Å². The molecule has 4 heteroatoms. The third kappa shape index (κ3) is 3.11. The molecule has 1 aromatic heterocycles. The summed E-state index contributed by atoms with van der Waals surface area (Å²) in [6.07, 6.45) is 8.87. The molecular formula is C16H24N2O2. The molecule has 20 heavy (non-hydrogen) atoms. The molecule has 1 amide bonds. The first-order chi connectivity index (χ1) is 9.50. The molecule has 1 aliphatic carbocycles. The first-order valence-electron chi connectivity index (χ1n) is 7.45. The smallest absolute Gasteiger partial charge is 0.270 e. The Hall–Kier alpha value is -1.58. The molecule has 4 nitrogen and oxygen atoms in total. The normalized spacial score (nSPS) is 16.8. The van der Waals surface area contributed by atoms with E-state index in [9.17, 15) is 9.59 Å². The number of carbonyl (C=O) groups is 2. The van der Waals surface area contributed by atoms with Crippen molar-refractivity contribution < 1.29 is 9.59 Å². The molecule has 0 aliphatic heterocycles. The SMILES string of the molecule is CC(=O)c1cc(C(=O)N(C)C2CCCCCC2)n(C)c1. The van der Waals surface area contributed by atoms with E-state index in [1.54, 1.807) is 16.8 Å². The van der Waals surface area contributed by atoms with Gasteiger partial charge in [0, 0.05) is 31.9 Å². The van der Waals surface area contributed by atoms with Crippen LogP contribution in [0.25, 0.3) is 0 Å². The van der Waals surface area contributed by atoms with Crippen molar-refractivity contribution in [3.8, 4) is 0 Å². The summed E-state index contributed by atoms with van der Waals surface area (Å²) >= 11 is 0. The minimum Gasteiger partial charge on any atom is -0.346 e. The van der Waals surface area contributed by atoms with Crippen molar-refractivity contribution in [1.82, 2.24) is 9.47 Å². The number of Topliss-reactive ketones (excluding diaryl/α,β-unsaturated/α-hetero) is 1. The number of rotatable bonds is 3. The van der Waals surface area contributed by atoms with Gasteiger partial charge in [0.1, 0.15) is 5.69 Å². The summed E-state index contributed by atoms with van der Waals surface area (Å²) in [5, 5.41) is 0. The van der Waals surface area contributed by atoms with Crippen molar-refractivity contribution in [3.05, 3.63) is 23.5 Å². The van der Waals surface area contributed by atoms with Crippen molar-refractivity contribution in [2.75, 3.05) is 7.05 Å². The van der Waals surface area contributed by atoms with Gasteiger partial charge in [-0.3, -0.25) is 9.59 Å². The third-order valence-corrected chi connectivity index (χ3v) is 4.32. The molecule has 0 atom stereocenters. The Balaban J connectivity index is 2.15.